The van der Waals surface area contributed by atoms with Crippen molar-refractivity contribution >= 4 is 17.7 Å². The van der Waals surface area contributed by atoms with E-state index in [2.05, 4.69) is 22.8 Å². The number of nitrogens with one attached hydrogen (secondary N) is 2. The van der Waals surface area contributed by atoms with Gasteiger partial charge >= 0.3 is 0 Å². The van der Waals surface area contributed by atoms with Crippen molar-refractivity contribution in [2.45, 2.75) is 30.5 Å². The molecule has 1 aromatic rings. The summed E-state index contributed by atoms with van der Waals surface area (Å²) >= 11 is 1.58. The molecule has 2 N–H and O–H groups in total. The number of carbonyl (C=O) groups is 1. The molecule has 0 bridgehead atoms. The molecule has 20 heavy (non-hydrogen) atoms. The molecule has 0 heterocycles. The van der Waals surface area contributed by atoms with E-state index >= 15 is 0 Å². The van der Waals surface area contributed by atoms with Gasteiger partial charge in [-0.1, -0.05) is 12.1 Å². The summed E-state index contributed by atoms with van der Waals surface area (Å²) in [7, 11) is 1.70. The molecule has 1 rings (SSSR count). The number of benzene rings is 1. The lowest BCUT2D eigenvalue weighted by molar-refractivity contribution is -0.120. The molecule has 0 aliphatic heterocycles. The smallest absolute Gasteiger partial charge is 0.233 e. The molecule has 0 radical (unpaired) electrons. The van der Waals surface area contributed by atoms with E-state index in [1.54, 1.807) is 18.9 Å². The summed E-state index contributed by atoms with van der Waals surface area (Å²) in [6.07, 6.45) is 0. The van der Waals surface area contributed by atoms with Crippen LogP contribution in [0.5, 0.6) is 0 Å². The van der Waals surface area contributed by atoms with Crippen molar-refractivity contribution in [3.8, 4) is 0 Å². The van der Waals surface area contributed by atoms with Crippen LogP contribution in [-0.4, -0.2) is 38.0 Å². The highest BCUT2D eigenvalue weighted by Crippen LogP contribution is 2.24. The Bertz CT molecular complexity index is 413. The summed E-state index contributed by atoms with van der Waals surface area (Å²) in [5.74, 6) is 0.0844. The minimum Gasteiger partial charge on any atom is -0.383 e. The largest absolute Gasteiger partial charge is 0.383 e. The first-order chi connectivity index (χ1) is 9.67. The molecule has 0 aromatic heterocycles. The number of hydrogen-bond acceptors (Lipinski definition) is 4. The molecule has 1 unspecified atom stereocenters. The van der Waals surface area contributed by atoms with Crippen LogP contribution in [-0.2, 0) is 16.1 Å². The van der Waals surface area contributed by atoms with Crippen molar-refractivity contribution in [3.63, 3.8) is 0 Å². The molecule has 1 amide bonds. The quantitative estimate of drug-likeness (QED) is 0.541. The number of thioether (sulfide) groups is 1. The van der Waals surface area contributed by atoms with Crippen LogP contribution in [0.1, 0.15) is 19.4 Å². The first-order valence-corrected chi connectivity index (χ1v) is 7.78. The molecule has 0 fully saturated rings. The third-order valence-corrected chi connectivity index (χ3v) is 3.84. The highest BCUT2D eigenvalue weighted by Gasteiger charge is 2.13. The molecule has 0 aliphatic rings. The maximum atomic E-state index is 11.7. The van der Waals surface area contributed by atoms with Gasteiger partial charge in [0.05, 0.1) is 11.9 Å². The van der Waals surface area contributed by atoms with Crippen LogP contribution < -0.4 is 10.6 Å². The third kappa shape index (κ3) is 6.41. The molecule has 112 valence electrons. The van der Waals surface area contributed by atoms with Crippen LogP contribution in [0.3, 0.4) is 0 Å². The summed E-state index contributed by atoms with van der Waals surface area (Å²) in [6.45, 7) is 6.90. The number of amides is 1. The molecule has 1 atom stereocenters. The second kappa shape index (κ2) is 9.80. The number of rotatable bonds is 9. The predicted octanol–water partition coefficient (Wildman–Crippen LogP) is 2.04. The lowest BCUT2D eigenvalue weighted by atomic mass is 10.2. The second-order valence-electron chi connectivity index (χ2n) is 4.47. The highest BCUT2D eigenvalue weighted by atomic mass is 32.2. The summed E-state index contributed by atoms with van der Waals surface area (Å²) in [6, 6.07) is 8.28. The highest BCUT2D eigenvalue weighted by molar-refractivity contribution is 8.00. The van der Waals surface area contributed by atoms with Crippen LogP contribution in [0.15, 0.2) is 29.2 Å². The van der Waals surface area contributed by atoms with Gasteiger partial charge in [0.1, 0.15) is 0 Å². The number of carbonyl (C=O) groups excluding carboxylic acids is 1. The van der Waals surface area contributed by atoms with Crippen molar-refractivity contribution in [2.75, 3.05) is 26.8 Å². The van der Waals surface area contributed by atoms with Gasteiger partial charge in [-0.15, -0.1) is 11.8 Å². The number of hydrogen-bond donors (Lipinski definition) is 2. The van der Waals surface area contributed by atoms with E-state index in [4.69, 9.17) is 4.74 Å². The lowest BCUT2D eigenvalue weighted by Gasteiger charge is -2.12. The van der Waals surface area contributed by atoms with E-state index in [1.807, 2.05) is 26.0 Å². The van der Waals surface area contributed by atoms with Gasteiger partial charge in [0.2, 0.25) is 5.91 Å². The van der Waals surface area contributed by atoms with E-state index in [9.17, 15) is 4.79 Å². The second-order valence-corrected chi connectivity index (χ2v) is 5.89. The molecule has 0 saturated heterocycles. The third-order valence-electron chi connectivity index (χ3n) is 2.74. The Labute approximate surface area is 125 Å². The van der Waals surface area contributed by atoms with Crippen molar-refractivity contribution in [3.05, 3.63) is 29.8 Å². The van der Waals surface area contributed by atoms with Crippen LogP contribution in [0.2, 0.25) is 0 Å². The van der Waals surface area contributed by atoms with E-state index < -0.39 is 0 Å². The molecule has 1 aromatic carbocycles. The Balaban J connectivity index is 2.48. The van der Waals surface area contributed by atoms with Gasteiger partial charge in [-0.2, -0.15) is 0 Å². The summed E-state index contributed by atoms with van der Waals surface area (Å²) in [5, 5.41) is 6.08. The first kappa shape index (κ1) is 17.0. The Morgan fingerprint density at radius 1 is 1.45 bits per heavy atom. The molecule has 5 heteroatoms. The Morgan fingerprint density at radius 2 is 2.25 bits per heavy atom. The predicted molar refractivity (Wildman–Crippen MR) is 84.0 cm³/mol. The molecular weight excluding hydrogens is 272 g/mol. The van der Waals surface area contributed by atoms with Crippen molar-refractivity contribution in [1.29, 1.82) is 0 Å². The average molecular weight is 296 g/mol. The fourth-order valence-electron chi connectivity index (χ4n) is 1.71. The van der Waals surface area contributed by atoms with E-state index in [0.29, 0.717) is 13.2 Å². The molecule has 0 aliphatic carbocycles. The van der Waals surface area contributed by atoms with E-state index in [-0.39, 0.29) is 11.2 Å². The monoisotopic (exact) mass is 296 g/mol. The zero-order valence-corrected chi connectivity index (χ0v) is 13.3. The summed E-state index contributed by atoms with van der Waals surface area (Å²) < 4.78 is 4.99. The Morgan fingerprint density at radius 3 is 2.95 bits per heavy atom. The SMILES string of the molecule is CCNC(=O)C(C)Sc1cccc(CNCCOC)c1. The maximum absolute atomic E-state index is 11.7. The first-order valence-electron chi connectivity index (χ1n) is 6.90. The Kier molecular flexibility index (Phi) is 8.34. The van der Waals surface area contributed by atoms with Gasteiger partial charge < -0.3 is 15.4 Å². The van der Waals surface area contributed by atoms with Crippen LogP contribution in [0.4, 0.5) is 0 Å². The van der Waals surface area contributed by atoms with Gasteiger partial charge in [-0.25, -0.2) is 0 Å². The van der Waals surface area contributed by atoms with Crippen LogP contribution in [0, 0.1) is 0 Å². The van der Waals surface area contributed by atoms with Crippen molar-refractivity contribution in [2.24, 2.45) is 0 Å². The maximum Gasteiger partial charge on any atom is 0.233 e. The topological polar surface area (TPSA) is 50.4 Å². The van der Waals surface area contributed by atoms with Gasteiger partial charge in [-0.05, 0) is 31.5 Å². The number of methoxy groups -OCH3 is 1. The zero-order chi connectivity index (χ0) is 14.8. The van der Waals surface area contributed by atoms with E-state index in [1.165, 1.54) is 5.56 Å². The van der Waals surface area contributed by atoms with Gasteiger partial charge in [0.25, 0.3) is 0 Å². The summed E-state index contributed by atoms with van der Waals surface area (Å²) in [5.41, 5.74) is 1.22. The average Bonchev–Trinajstić information content (AvgIpc) is 2.44. The van der Waals surface area contributed by atoms with Gasteiger partial charge in [0.15, 0.2) is 0 Å². The zero-order valence-electron chi connectivity index (χ0n) is 12.4. The normalized spacial score (nSPS) is 12.2. The summed E-state index contributed by atoms with van der Waals surface area (Å²) in [4.78, 5) is 12.8. The lowest BCUT2D eigenvalue weighted by Crippen LogP contribution is -2.30. The molecular formula is C15H24N2O2S. The minimum atomic E-state index is -0.0772. The molecule has 0 spiro atoms. The minimum absolute atomic E-state index is 0.0772. The number of ether oxygens (including phenoxy) is 1. The van der Waals surface area contributed by atoms with Crippen LogP contribution >= 0.6 is 11.8 Å². The fourth-order valence-corrected chi connectivity index (χ4v) is 2.69. The molecule has 0 saturated carbocycles. The standard InChI is InChI=1S/C15H24N2O2S/c1-4-17-15(18)12(2)20-14-7-5-6-13(10-14)11-16-8-9-19-3/h5-7,10,12,16H,4,8-9,11H2,1-3H3,(H,17,18). The van der Waals surface area contributed by atoms with Crippen LogP contribution in [0.25, 0.3) is 0 Å². The van der Waals surface area contributed by atoms with Gasteiger partial charge in [-0.3, -0.25) is 4.79 Å². The van der Waals surface area contributed by atoms with Crippen molar-refractivity contribution < 1.29 is 9.53 Å². The molecule has 4 nitrogen and oxygen atoms in total. The van der Waals surface area contributed by atoms with Gasteiger partial charge in [0, 0.05) is 31.6 Å². The van der Waals surface area contributed by atoms with E-state index in [0.717, 1.165) is 18.0 Å². The van der Waals surface area contributed by atoms with Crippen molar-refractivity contribution in [1.82, 2.24) is 10.6 Å². The fraction of sp³-hybridized carbons (Fsp3) is 0.533. The Hall–Kier alpha value is -1.04.